The van der Waals surface area contributed by atoms with Crippen molar-refractivity contribution in [1.29, 1.82) is 0 Å². The van der Waals surface area contributed by atoms with Crippen molar-refractivity contribution in [2.24, 2.45) is 5.92 Å². The van der Waals surface area contributed by atoms with Gasteiger partial charge >= 0.3 is 0 Å². The molecule has 0 radical (unpaired) electrons. The molecule has 1 aliphatic heterocycles. The van der Waals surface area contributed by atoms with Crippen molar-refractivity contribution in [2.45, 2.75) is 43.9 Å². The Kier molecular flexibility index (Phi) is 5.76. The van der Waals surface area contributed by atoms with Crippen LogP contribution in [0.3, 0.4) is 0 Å². The van der Waals surface area contributed by atoms with Crippen LogP contribution in [0.5, 0.6) is 0 Å². The molecule has 0 bridgehead atoms. The Hall–Kier alpha value is -2.21. The Bertz CT molecular complexity index is 792. The summed E-state index contributed by atoms with van der Waals surface area (Å²) >= 11 is 1.70. The molecule has 2 aliphatic rings. The minimum atomic E-state index is -0.314. The summed E-state index contributed by atoms with van der Waals surface area (Å²) in [6.07, 6.45) is 9.32. The van der Waals surface area contributed by atoms with Gasteiger partial charge in [-0.15, -0.1) is 11.3 Å². The molecular formula is C22H27N3O2S. The number of likely N-dealkylation sites (tertiary alicyclic amines) is 1. The van der Waals surface area contributed by atoms with Gasteiger partial charge in [-0.25, -0.2) is 0 Å². The number of rotatable bonds is 5. The number of thiophene rings is 1. The zero-order chi connectivity index (χ0) is 19.4. The summed E-state index contributed by atoms with van der Waals surface area (Å²) in [5.74, 6) is 0.684. The Morgan fingerprint density at radius 2 is 1.96 bits per heavy atom. The molecule has 0 unspecified atom stereocenters. The standard InChI is InChI=1S/C22H27N3O2S/c26-20(18-5-3-11-23-16-18)25-12-7-17(8-13-25)15-24-21(27)22(9-1-2-10-22)19-6-4-14-28-19/h3-6,11,14,16-17H,1-2,7-10,12-13,15H2,(H,24,27). The van der Waals surface area contributed by atoms with Gasteiger partial charge in [-0.2, -0.15) is 0 Å². The van der Waals surface area contributed by atoms with Gasteiger partial charge in [-0.05, 0) is 55.2 Å². The Morgan fingerprint density at radius 1 is 1.18 bits per heavy atom. The summed E-state index contributed by atoms with van der Waals surface area (Å²) in [7, 11) is 0. The van der Waals surface area contributed by atoms with Gasteiger partial charge < -0.3 is 10.2 Å². The molecule has 3 heterocycles. The molecule has 2 aromatic heterocycles. The van der Waals surface area contributed by atoms with E-state index >= 15 is 0 Å². The first-order valence-electron chi connectivity index (χ1n) is 10.2. The number of carbonyl (C=O) groups excluding carboxylic acids is 2. The average Bonchev–Trinajstić information content (AvgIpc) is 3.45. The van der Waals surface area contributed by atoms with Crippen LogP contribution in [0.25, 0.3) is 0 Å². The summed E-state index contributed by atoms with van der Waals surface area (Å²) < 4.78 is 0. The van der Waals surface area contributed by atoms with E-state index in [-0.39, 0.29) is 17.2 Å². The maximum atomic E-state index is 13.1. The first-order chi connectivity index (χ1) is 13.7. The van der Waals surface area contributed by atoms with Crippen molar-refractivity contribution in [3.8, 4) is 0 Å². The number of carbonyl (C=O) groups is 2. The molecule has 28 heavy (non-hydrogen) atoms. The van der Waals surface area contributed by atoms with Crippen molar-refractivity contribution in [2.75, 3.05) is 19.6 Å². The second-order valence-corrected chi connectivity index (χ2v) is 8.90. The van der Waals surface area contributed by atoms with E-state index in [9.17, 15) is 9.59 Å². The number of piperidine rings is 1. The van der Waals surface area contributed by atoms with Gasteiger partial charge in [0.15, 0.2) is 0 Å². The monoisotopic (exact) mass is 397 g/mol. The van der Waals surface area contributed by atoms with Crippen LogP contribution >= 0.6 is 11.3 Å². The third kappa shape index (κ3) is 3.83. The van der Waals surface area contributed by atoms with E-state index in [1.165, 1.54) is 4.88 Å². The average molecular weight is 398 g/mol. The molecule has 5 nitrogen and oxygen atoms in total. The number of hydrogen-bond acceptors (Lipinski definition) is 4. The lowest BCUT2D eigenvalue weighted by Crippen LogP contribution is -2.46. The third-order valence-electron chi connectivity index (χ3n) is 6.25. The molecule has 1 saturated heterocycles. The molecule has 2 amide bonds. The number of pyridine rings is 1. The van der Waals surface area contributed by atoms with Crippen LogP contribution < -0.4 is 5.32 Å². The van der Waals surface area contributed by atoms with E-state index in [1.54, 1.807) is 29.8 Å². The number of nitrogens with one attached hydrogen (secondary N) is 1. The topological polar surface area (TPSA) is 62.3 Å². The lowest BCUT2D eigenvalue weighted by Gasteiger charge is -2.33. The Balaban J connectivity index is 1.29. The maximum absolute atomic E-state index is 13.1. The van der Waals surface area contributed by atoms with Gasteiger partial charge in [0.05, 0.1) is 11.0 Å². The van der Waals surface area contributed by atoms with Crippen molar-refractivity contribution in [1.82, 2.24) is 15.2 Å². The van der Waals surface area contributed by atoms with Crippen molar-refractivity contribution < 1.29 is 9.59 Å². The number of amides is 2. The Morgan fingerprint density at radius 3 is 2.61 bits per heavy atom. The van der Waals surface area contributed by atoms with Crippen LogP contribution in [-0.2, 0) is 10.2 Å². The zero-order valence-corrected chi connectivity index (χ0v) is 16.9. The third-order valence-corrected chi connectivity index (χ3v) is 7.32. The van der Waals surface area contributed by atoms with Gasteiger partial charge in [0, 0.05) is 36.9 Å². The molecule has 4 rings (SSSR count). The second-order valence-electron chi connectivity index (χ2n) is 7.95. The number of hydrogen-bond donors (Lipinski definition) is 1. The number of nitrogens with zero attached hydrogens (tertiary/aromatic N) is 2. The van der Waals surface area contributed by atoms with E-state index < -0.39 is 0 Å². The molecule has 2 fully saturated rings. The van der Waals surface area contributed by atoms with Gasteiger partial charge in [-0.1, -0.05) is 18.9 Å². The molecule has 0 spiro atoms. The largest absolute Gasteiger partial charge is 0.355 e. The lowest BCUT2D eigenvalue weighted by molar-refractivity contribution is -0.126. The van der Waals surface area contributed by atoms with Crippen molar-refractivity contribution in [3.05, 3.63) is 52.5 Å². The maximum Gasteiger partial charge on any atom is 0.255 e. The fourth-order valence-corrected chi connectivity index (χ4v) is 5.52. The zero-order valence-electron chi connectivity index (χ0n) is 16.1. The van der Waals surface area contributed by atoms with E-state index in [1.807, 2.05) is 17.0 Å². The van der Waals surface area contributed by atoms with Crippen LogP contribution in [0.15, 0.2) is 42.0 Å². The minimum absolute atomic E-state index is 0.0539. The van der Waals surface area contributed by atoms with Gasteiger partial charge in [-0.3, -0.25) is 14.6 Å². The van der Waals surface area contributed by atoms with Crippen molar-refractivity contribution in [3.63, 3.8) is 0 Å². The molecule has 0 atom stereocenters. The minimum Gasteiger partial charge on any atom is -0.355 e. The second kappa shape index (κ2) is 8.43. The highest BCUT2D eigenvalue weighted by Crippen LogP contribution is 2.43. The first-order valence-corrected chi connectivity index (χ1v) is 11.1. The van der Waals surface area contributed by atoms with Crippen molar-refractivity contribution >= 4 is 23.2 Å². The normalized spacial score (nSPS) is 19.5. The summed E-state index contributed by atoms with van der Waals surface area (Å²) in [5, 5.41) is 5.32. The van der Waals surface area contributed by atoms with Crippen LogP contribution in [0.2, 0.25) is 0 Å². The predicted octanol–water partition coefficient (Wildman–Crippen LogP) is 3.62. The van der Waals surface area contributed by atoms with E-state index in [0.717, 1.165) is 51.6 Å². The van der Waals surface area contributed by atoms with Crippen LogP contribution in [0, 0.1) is 5.92 Å². The molecule has 1 N–H and O–H groups in total. The molecule has 148 valence electrons. The van der Waals surface area contributed by atoms with E-state index in [4.69, 9.17) is 0 Å². The van der Waals surface area contributed by atoms with Gasteiger partial charge in [0.25, 0.3) is 5.91 Å². The highest BCUT2D eigenvalue weighted by molar-refractivity contribution is 7.10. The Labute approximate surface area is 170 Å². The molecule has 1 aliphatic carbocycles. The molecule has 1 saturated carbocycles. The van der Waals surface area contributed by atoms with Crippen LogP contribution in [0.1, 0.15) is 53.8 Å². The van der Waals surface area contributed by atoms with E-state index in [2.05, 4.69) is 21.7 Å². The summed E-state index contributed by atoms with van der Waals surface area (Å²) in [6.45, 7) is 2.19. The smallest absolute Gasteiger partial charge is 0.255 e. The summed E-state index contributed by atoms with van der Waals surface area (Å²) in [5.41, 5.74) is 0.332. The van der Waals surface area contributed by atoms with E-state index in [0.29, 0.717) is 18.0 Å². The summed E-state index contributed by atoms with van der Waals surface area (Å²) in [4.78, 5) is 32.8. The first kappa shape index (κ1) is 19.1. The highest BCUT2D eigenvalue weighted by Gasteiger charge is 2.43. The number of aromatic nitrogens is 1. The summed E-state index contributed by atoms with van der Waals surface area (Å²) in [6, 6.07) is 7.76. The lowest BCUT2D eigenvalue weighted by atomic mass is 9.83. The van der Waals surface area contributed by atoms with Crippen LogP contribution in [-0.4, -0.2) is 41.3 Å². The predicted molar refractivity (Wildman–Crippen MR) is 110 cm³/mol. The highest BCUT2D eigenvalue weighted by atomic mass is 32.1. The molecule has 6 heteroatoms. The van der Waals surface area contributed by atoms with Crippen LogP contribution in [0.4, 0.5) is 0 Å². The SMILES string of the molecule is O=C(c1cccnc1)N1CCC(CNC(=O)C2(c3cccs3)CCCC2)CC1. The molecule has 0 aromatic carbocycles. The quantitative estimate of drug-likeness (QED) is 0.838. The van der Waals surface area contributed by atoms with Gasteiger partial charge in [0.1, 0.15) is 0 Å². The molecule has 2 aromatic rings. The fourth-order valence-electron chi connectivity index (χ4n) is 4.53. The fraction of sp³-hybridized carbons (Fsp3) is 0.500. The van der Waals surface area contributed by atoms with Gasteiger partial charge in [0.2, 0.25) is 5.91 Å². The molecular weight excluding hydrogens is 370 g/mol.